The van der Waals surface area contributed by atoms with Gasteiger partial charge in [-0.05, 0) is 57.2 Å². The molecule has 21 heavy (non-hydrogen) atoms. The third-order valence-electron chi connectivity index (χ3n) is 4.28. The molecule has 4 heteroatoms. The summed E-state index contributed by atoms with van der Waals surface area (Å²) in [6.07, 6.45) is 6.93. The Bertz CT molecular complexity index is 413. The highest BCUT2D eigenvalue weighted by Gasteiger charge is 2.18. The van der Waals surface area contributed by atoms with E-state index >= 15 is 0 Å². The third-order valence-corrected chi connectivity index (χ3v) is 4.28. The monoisotopic (exact) mass is 290 g/mol. The molecule has 0 aliphatic carbocycles. The topological polar surface area (TPSA) is 41.1 Å². The maximum atomic E-state index is 4.89. The molecule has 1 fully saturated rings. The summed E-state index contributed by atoms with van der Waals surface area (Å²) in [6, 6.07) is 0. The van der Waals surface area contributed by atoms with E-state index in [0.717, 1.165) is 51.4 Å². The van der Waals surface area contributed by atoms with Crippen LogP contribution in [-0.4, -0.2) is 36.1 Å². The van der Waals surface area contributed by atoms with Crippen molar-refractivity contribution in [3.63, 3.8) is 0 Å². The van der Waals surface area contributed by atoms with Gasteiger partial charge in [-0.1, -0.05) is 20.8 Å². The molecule has 0 aromatic carbocycles. The quantitative estimate of drug-likeness (QED) is 0.784. The van der Waals surface area contributed by atoms with Gasteiger partial charge in [0.05, 0.1) is 0 Å². The maximum absolute atomic E-state index is 4.89. The van der Waals surface area contributed by atoms with Crippen LogP contribution < -0.4 is 10.2 Å². The smallest absolute Gasteiger partial charge is 0.225 e. The van der Waals surface area contributed by atoms with Crippen molar-refractivity contribution in [2.45, 2.75) is 59.3 Å². The van der Waals surface area contributed by atoms with Gasteiger partial charge < -0.3 is 10.2 Å². The first kappa shape index (κ1) is 16.2. The average molecular weight is 290 g/mol. The lowest BCUT2D eigenvalue weighted by atomic mass is 10.0. The van der Waals surface area contributed by atoms with Crippen LogP contribution in [0.5, 0.6) is 0 Å². The average Bonchev–Trinajstić information content (AvgIpc) is 2.55. The summed E-state index contributed by atoms with van der Waals surface area (Å²) in [4.78, 5) is 12.1. The van der Waals surface area contributed by atoms with Crippen molar-refractivity contribution in [2.24, 2.45) is 0 Å². The van der Waals surface area contributed by atoms with Crippen molar-refractivity contribution in [1.82, 2.24) is 15.3 Å². The van der Waals surface area contributed by atoms with Crippen LogP contribution in [0, 0.1) is 0 Å². The number of nitrogens with one attached hydrogen (secondary N) is 1. The molecule has 1 saturated heterocycles. The lowest BCUT2D eigenvalue weighted by Crippen LogP contribution is -2.32. The SMILES string of the molecule is CCNCCc1c(CC)nc(N2CCCCC2)nc1CC. The number of likely N-dealkylation sites (N-methyl/N-ethyl adjacent to an activating group) is 1. The van der Waals surface area contributed by atoms with Gasteiger partial charge in [-0.15, -0.1) is 0 Å². The second kappa shape index (κ2) is 8.32. The van der Waals surface area contributed by atoms with E-state index < -0.39 is 0 Å². The Hall–Kier alpha value is -1.16. The van der Waals surface area contributed by atoms with Gasteiger partial charge in [0.25, 0.3) is 0 Å². The Balaban J connectivity index is 2.24. The Morgan fingerprint density at radius 2 is 1.57 bits per heavy atom. The Kier molecular flexibility index (Phi) is 6.43. The van der Waals surface area contributed by atoms with Crippen LogP contribution in [-0.2, 0) is 19.3 Å². The van der Waals surface area contributed by atoms with Crippen LogP contribution in [0.1, 0.15) is 57.0 Å². The summed E-state index contributed by atoms with van der Waals surface area (Å²) in [5.41, 5.74) is 3.88. The van der Waals surface area contributed by atoms with E-state index in [1.54, 1.807) is 0 Å². The van der Waals surface area contributed by atoms with Gasteiger partial charge in [0.1, 0.15) is 0 Å². The van der Waals surface area contributed by atoms with Crippen LogP contribution >= 0.6 is 0 Å². The van der Waals surface area contributed by atoms with Gasteiger partial charge >= 0.3 is 0 Å². The number of rotatable bonds is 7. The van der Waals surface area contributed by atoms with Crippen LogP contribution in [0.15, 0.2) is 0 Å². The summed E-state index contributed by atoms with van der Waals surface area (Å²) in [7, 11) is 0. The standard InChI is InChI=1S/C17H30N4/c1-4-15-14(10-11-18-6-3)16(5-2)20-17(19-15)21-12-8-7-9-13-21/h18H,4-13H2,1-3H3. The molecule has 0 amide bonds. The highest BCUT2D eigenvalue weighted by molar-refractivity contribution is 5.38. The molecule has 0 bridgehead atoms. The molecule has 0 unspecified atom stereocenters. The zero-order valence-electron chi connectivity index (χ0n) is 13.9. The van der Waals surface area contributed by atoms with Crippen molar-refractivity contribution in [3.8, 4) is 0 Å². The van der Waals surface area contributed by atoms with Crippen LogP contribution in [0.2, 0.25) is 0 Å². The fraction of sp³-hybridized carbons (Fsp3) is 0.765. The van der Waals surface area contributed by atoms with Gasteiger partial charge in [0.15, 0.2) is 0 Å². The lowest BCUT2D eigenvalue weighted by molar-refractivity contribution is 0.565. The highest BCUT2D eigenvalue weighted by atomic mass is 15.3. The molecule has 0 radical (unpaired) electrons. The molecule has 4 nitrogen and oxygen atoms in total. The molecule has 118 valence electrons. The Morgan fingerprint density at radius 1 is 0.952 bits per heavy atom. The molecule has 1 aromatic rings. The normalized spacial score (nSPS) is 15.5. The first-order valence-corrected chi connectivity index (χ1v) is 8.64. The van der Waals surface area contributed by atoms with Gasteiger partial charge in [0.2, 0.25) is 5.95 Å². The second-order valence-corrected chi connectivity index (χ2v) is 5.75. The molecule has 0 saturated carbocycles. The van der Waals surface area contributed by atoms with E-state index in [9.17, 15) is 0 Å². The number of piperidine rings is 1. The minimum atomic E-state index is 0.968. The molecule has 2 rings (SSSR count). The lowest BCUT2D eigenvalue weighted by Gasteiger charge is -2.28. The zero-order valence-corrected chi connectivity index (χ0v) is 13.9. The van der Waals surface area contributed by atoms with Crippen molar-refractivity contribution >= 4 is 5.95 Å². The predicted octanol–water partition coefficient (Wildman–Crippen LogP) is 2.74. The van der Waals surface area contributed by atoms with Gasteiger partial charge in [-0.2, -0.15) is 0 Å². The molecule has 1 aliphatic heterocycles. The number of aromatic nitrogens is 2. The van der Waals surface area contributed by atoms with E-state index in [4.69, 9.17) is 9.97 Å². The first-order chi connectivity index (χ1) is 10.3. The van der Waals surface area contributed by atoms with Crippen molar-refractivity contribution in [3.05, 3.63) is 17.0 Å². The van der Waals surface area contributed by atoms with E-state index in [1.165, 1.54) is 36.2 Å². The van der Waals surface area contributed by atoms with Crippen LogP contribution in [0.4, 0.5) is 5.95 Å². The fourth-order valence-electron chi connectivity index (χ4n) is 3.07. The minimum absolute atomic E-state index is 0.968. The summed E-state index contributed by atoms with van der Waals surface area (Å²) in [6.45, 7) is 10.8. The largest absolute Gasteiger partial charge is 0.341 e. The molecule has 1 N–H and O–H groups in total. The summed E-state index contributed by atoms with van der Waals surface area (Å²) >= 11 is 0. The first-order valence-electron chi connectivity index (χ1n) is 8.64. The third kappa shape index (κ3) is 4.16. The van der Waals surface area contributed by atoms with E-state index in [1.807, 2.05) is 0 Å². The molecular formula is C17H30N4. The Labute approximate surface area is 129 Å². The van der Waals surface area contributed by atoms with Gasteiger partial charge in [0, 0.05) is 24.5 Å². The zero-order chi connectivity index (χ0) is 15.1. The molecule has 0 spiro atoms. The fourth-order valence-corrected chi connectivity index (χ4v) is 3.07. The summed E-state index contributed by atoms with van der Waals surface area (Å²) in [5, 5.41) is 3.41. The minimum Gasteiger partial charge on any atom is -0.341 e. The number of aryl methyl sites for hydroxylation is 2. The Morgan fingerprint density at radius 3 is 2.10 bits per heavy atom. The molecule has 0 atom stereocenters. The van der Waals surface area contributed by atoms with Crippen LogP contribution in [0.25, 0.3) is 0 Å². The number of hydrogen-bond acceptors (Lipinski definition) is 4. The number of nitrogens with zero attached hydrogens (tertiary/aromatic N) is 3. The van der Waals surface area contributed by atoms with Crippen molar-refractivity contribution in [1.29, 1.82) is 0 Å². The second-order valence-electron chi connectivity index (χ2n) is 5.75. The van der Waals surface area contributed by atoms with Crippen LogP contribution in [0.3, 0.4) is 0 Å². The van der Waals surface area contributed by atoms with E-state index in [2.05, 4.69) is 31.0 Å². The maximum Gasteiger partial charge on any atom is 0.225 e. The van der Waals surface area contributed by atoms with E-state index in [0.29, 0.717) is 0 Å². The van der Waals surface area contributed by atoms with E-state index in [-0.39, 0.29) is 0 Å². The summed E-state index contributed by atoms with van der Waals surface area (Å²) in [5.74, 6) is 0.968. The van der Waals surface area contributed by atoms with Gasteiger partial charge in [-0.3, -0.25) is 0 Å². The number of hydrogen-bond donors (Lipinski definition) is 1. The highest BCUT2D eigenvalue weighted by Crippen LogP contribution is 2.21. The van der Waals surface area contributed by atoms with Gasteiger partial charge in [-0.25, -0.2) is 9.97 Å². The molecule has 1 aliphatic rings. The number of anilines is 1. The van der Waals surface area contributed by atoms with Crippen molar-refractivity contribution in [2.75, 3.05) is 31.1 Å². The van der Waals surface area contributed by atoms with Crippen molar-refractivity contribution < 1.29 is 0 Å². The molecular weight excluding hydrogens is 260 g/mol. The molecule has 2 heterocycles. The molecule has 1 aromatic heterocycles. The summed E-state index contributed by atoms with van der Waals surface area (Å²) < 4.78 is 0. The predicted molar refractivity (Wildman–Crippen MR) is 89.1 cm³/mol.